The van der Waals surface area contributed by atoms with E-state index in [0.717, 1.165) is 69.2 Å². The number of hydrogen-bond donors (Lipinski definition) is 1. The Balaban J connectivity index is 1.90. The highest BCUT2D eigenvalue weighted by molar-refractivity contribution is 6.33. The van der Waals surface area contributed by atoms with Gasteiger partial charge in [-0.15, -0.1) is 0 Å². The first kappa shape index (κ1) is 62.0. The van der Waals surface area contributed by atoms with Gasteiger partial charge in [-0.3, -0.25) is 52.7 Å². The molecule has 3 aliphatic rings. The molecule has 28 nitrogen and oxygen atoms in total. The normalized spacial score (nSPS) is 28.9. The van der Waals surface area contributed by atoms with Gasteiger partial charge in [0.05, 0.1) is 17.3 Å². The summed E-state index contributed by atoms with van der Waals surface area (Å²) in [5.41, 5.74) is 0.614. The molecule has 0 aliphatic carbocycles. The van der Waals surface area contributed by atoms with Crippen molar-refractivity contribution in [1.82, 2.24) is 0 Å². The summed E-state index contributed by atoms with van der Waals surface area (Å²) < 4.78 is 93.0. The van der Waals surface area contributed by atoms with E-state index in [2.05, 4.69) is 5.32 Å². The van der Waals surface area contributed by atoms with E-state index in [1.54, 1.807) is 0 Å². The van der Waals surface area contributed by atoms with Crippen LogP contribution in [-0.2, 0) is 135 Å². The third-order valence-corrected chi connectivity index (χ3v) is 10.9. The first-order chi connectivity index (χ1) is 35.6. The van der Waals surface area contributed by atoms with E-state index in [1.165, 1.54) is 25.1 Å². The zero-order chi connectivity index (χ0) is 56.7. The van der Waals surface area contributed by atoms with Crippen LogP contribution in [0.15, 0.2) is 18.2 Å². The SMILES string of the molecule is CC(=O)Nc1cc(CO[C@@H]2O[C@H](COC(C)=O)[C@@H](O[C@@H]3O[C@H](COC(C)=O)[C@@H](O[C@@H]4O[C@H](COC(C)=O)[C@@H](OC(C)=O)[C@H](OC(C)=O)[C@H]4OC(C)=O)[C@H](OC(C)=O)[C@H]3OC(C)=O)[C@H](OC(C)=O)[C@H]2OC(C)=O)ccc1Cl. The van der Waals surface area contributed by atoms with Crippen LogP contribution in [0.1, 0.15) is 81.7 Å². The molecule has 3 aliphatic heterocycles. The van der Waals surface area contributed by atoms with E-state index in [1.807, 2.05) is 0 Å². The van der Waals surface area contributed by atoms with Crippen LogP contribution in [0.5, 0.6) is 0 Å². The van der Waals surface area contributed by atoms with Crippen molar-refractivity contribution in [2.45, 2.75) is 175 Å². The van der Waals surface area contributed by atoms with Crippen LogP contribution < -0.4 is 5.32 Å². The average Bonchev–Trinajstić information content (AvgIpc) is 3.28. The molecular formula is C47H60ClNO27. The lowest BCUT2D eigenvalue weighted by Crippen LogP contribution is -2.69. The maximum Gasteiger partial charge on any atom is 0.303 e. The molecule has 422 valence electrons. The fourth-order valence-corrected chi connectivity index (χ4v) is 8.18. The minimum Gasteiger partial charge on any atom is -0.463 e. The first-order valence-corrected chi connectivity index (χ1v) is 23.6. The van der Waals surface area contributed by atoms with Crippen LogP contribution >= 0.6 is 11.6 Å². The minimum atomic E-state index is -2.06. The van der Waals surface area contributed by atoms with Crippen LogP contribution in [0.25, 0.3) is 0 Å². The van der Waals surface area contributed by atoms with Crippen LogP contribution in [0, 0.1) is 0 Å². The highest BCUT2D eigenvalue weighted by atomic mass is 35.5. The fraction of sp³-hybridized carbons (Fsp3) is 0.638. The van der Waals surface area contributed by atoms with Crippen LogP contribution in [0.4, 0.5) is 5.69 Å². The van der Waals surface area contributed by atoms with Gasteiger partial charge in [-0.2, -0.15) is 0 Å². The zero-order valence-electron chi connectivity index (χ0n) is 43.1. The lowest BCUT2D eigenvalue weighted by atomic mass is 9.95. The molecule has 1 aromatic carbocycles. The molecule has 0 spiro atoms. The van der Waals surface area contributed by atoms with Crippen LogP contribution in [0.3, 0.4) is 0 Å². The van der Waals surface area contributed by atoms with E-state index in [0.29, 0.717) is 5.56 Å². The van der Waals surface area contributed by atoms with Gasteiger partial charge in [-0.25, -0.2) is 0 Å². The predicted molar refractivity (Wildman–Crippen MR) is 245 cm³/mol. The van der Waals surface area contributed by atoms with Crippen molar-refractivity contribution in [3.63, 3.8) is 0 Å². The number of esters is 10. The van der Waals surface area contributed by atoms with Crippen molar-refractivity contribution in [3.05, 3.63) is 28.8 Å². The number of anilines is 1. The van der Waals surface area contributed by atoms with Gasteiger partial charge in [0.25, 0.3) is 0 Å². The molecule has 3 fully saturated rings. The lowest BCUT2D eigenvalue weighted by molar-refractivity contribution is -0.380. The quantitative estimate of drug-likeness (QED) is 0.132. The van der Waals surface area contributed by atoms with Crippen molar-refractivity contribution in [1.29, 1.82) is 0 Å². The highest BCUT2D eigenvalue weighted by Crippen LogP contribution is 2.39. The fourth-order valence-electron chi connectivity index (χ4n) is 8.02. The molecule has 3 heterocycles. The molecule has 1 amide bonds. The van der Waals surface area contributed by atoms with Crippen LogP contribution in [0.2, 0.25) is 5.02 Å². The molecule has 4 rings (SSSR count). The largest absolute Gasteiger partial charge is 0.463 e. The minimum absolute atomic E-state index is 0.184. The number of rotatable bonds is 21. The third kappa shape index (κ3) is 18.6. The van der Waals surface area contributed by atoms with E-state index in [9.17, 15) is 52.7 Å². The number of hydrogen-bond acceptors (Lipinski definition) is 27. The number of carbonyl (C=O) groups is 11. The van der Waals surface area contributed by atoms with E-state index < -0.39 is 178 Å². The van der Waals surface area contributed by atoms with Crippen molar-refractivity contribution >= 4 is 82.9 Å². The zero-order valence-corrected chi connectivity index (χ0v) is 43.9. The molecule has 1 N–H and O–H groups in total. The molecule has 0 saturated carbocycles. The van der Waals surface area contributed by atoms with Gasteiger partial charge in [0, 0.05) is 76.2 Å². The number of ether oxygens (including phenoxy) is 16. The molecule has 29 heteroatoms. The van der Waals surface area contributed by atoms with Crippen molar-refractivity contribution < 1.29 is 129 Å². The summed E-state index contributed by atoms with van der Waals surface area (Å²) >= 11 is 6.27. The molecule has 0 radical (unpaired) electrons. The summed E-state index contributed by atoms with van der Waals surface area (Å²) in [5, 5.41) is 2.76. The van der Waals surface area contributed by atoms with Crippen LogP contribution in [-0.4, -0.2) is 178 Å². The van der Waals surface area contributed by atoms with Crippen molar-refractivity contribution in [3.8, 4) is 0 Å². The van der Waals surface area contributed by atoms with Crippen molar-refractivity contribution in [2.24, 2.45) is 0 Å². The van der Waals surface area contributed by atoms with E-state index >= 15 is 0 Å². The van der Waals surface area contributed by atoms with Gasteiger partial charge in [-0.05, 0) is 17.7 Å². The molecule has 0 bridgehead atoms. The highest BCUT2D eigenvalue weighted by Gasteiger charge is 2.60. The second-order valence-electron chi connectivity index (χ2n) is 17.1. The number of nitrogens with one attached hydrogen (secondary N) is 1. The second kappa shape index (κ2) is 28.5. The van der Waals surface area contributed by atoms with Crippen molar-refractivity contribution in [2.75, 3.05) is 25.1 Å². The number of halogens is 1. The maximum absolute atomic E-state index is 13.1. The molecule has 76 heavy (non-hydrogen) atoms. The topological polar surface area (TPSA) is 347 Å². The number of carbonyl (C=O) groups excluding carboxylic acids is 11. The summed E-state index contributed by atoms with van der Waals surface area (Å²) in [6.07, 6.45) is -27.1. The Morgan fingerprint density at radius 3 is 1.09 bits per heavy atom. The Bertz CT molecular complexity index is 2310. The first-order valence-electron chi connectivity index (χ1n) is 23.2. The summed E-state index contributed by atoms with van der Waals surface area (Å²) in [6, 6.07) is 4.48. The lowest BCUT2D eigenvalue weighted by Gasteiger charge is -2.50. The van der Waals surface area contributed by atoms with E-state index in [-0.39, 0.29) is 17.3 Å². The summed E-state index contributed by atoms with van der Waals surface area (Å²) in [7, 11) is 0. The van der Waals surface area contributed by atoms with Gasteiger partial charge in [0.2, 0.25) is 5.91 Å². The maximum atomic E-state index is 13.1. The average molecular weight is 1110 g/mol. The Labute approximate surface area is 439 Å². The molecule has 1 aromatic rings. The number of amides is 1. The van der Waals surface area contributed by atoms with E-state index in [4.69, 9.17) is 87.4 Å². The molecular weight excluding hydrogens is 1050 g/mol. The Kier molecular flexibility index (Phi) is 23.3. The van der Waals surface area contributed by atoms with Gasteiger partial charge >= 0.3 is 59.7 Å². The second-order valence-corrected chi connectivity index (χ2v) is 17.5. The summed E-state index contributed by atoms with van der Waals surface area (Å²) in [5.74, 6) is -10.1. The Morgan fingerprint density at radius 1 is 0.421 bits per heavy atom. The monoisotopic (exact) mass is 1110 g/mol. The third-order valence-electron chi connectivity index (χ3n) is 10.6. The summed E-state index contributed by atoms with van der Waals surface area (Å²) in [6.45, 7) is 8.63. The predicted octanol–water partition coefficient (Wildman–Crippen LogP) is 0.971. The van der Waals surface area contributed by atoms with Gasteiger partial charge in [0.15, 0.2) is 61.6 Å². The molecule has 0 unspecified atom stereocenters. The number of benzene rings is 1. The molecule has 3 saturated heterocycles. The standard InChI is InChI=1S/C47H60ClNO27/c1-19(50)49-32-14-30(12-13-31(32)48)15-64-45-42(69-27(9)58)40(67-25(7)56)37(34(72-45)17-62-21(3)52)75-47-44(71-29(11)60)41(68-26(8)57)38(35(74-47)18-63-22(4)53)76-46-43(70-28(10)59)39(66-24(6)55)36(65-23(5)54)33(73-46)16-61-20(2)51/h12-14,33-47H,15-18H2,1-11H3,(H,49,50)/t33-,34-,35-,36-,37-,38-,39+,40+,41+,42-,43-,44-,45-,46+,47+/m1/s1. The molecule has 0 aromatic heterocycles. The smallest absolute Gasteiger partial charge is 0.303 e. The van der Waals surface area contributed by atoms with Gasteiger partial charge < -0.3 is 81.1 Å². The Morgan fingerprint density at radius 2 is 0.737 bits per heavy atom. The summed E-state index contributed by atoms with van der Waals surface area (Å²) in [4.78, 5) is 138. The van der Waals surface area contributed by atoms with Gasteiger partial charge in [-0.1, -0.05) is 17.7 Å². The Hall–Kier alpha value is -6.56. The molecule has 15 atom stereocenters. The van der Waals surface area contributed by atoms with Gasteiger partial charge in [0.1, 0.15) is 50.3 Å².